The maximum Gasteiger partial charge on any atom is 0.405 e. The molecule has 110 valence electrons. The molecule has 1 atom stereocenters. The highest BCUT2D eigenvalue weighted by atomic mass is 35.5. The lowest BCUT2D eigenvalue weighted by molar-refractivity contribution is -0.123. The average Bonchev–Trinajstić information content (AvgIpc) is 2.61. The maximum atomic E-state index is 12.5. The number of aliphatic hydroxyl groups is 1. The zero-order valence-electron chi connectivity index (χ0n) is 10.5. The van der Waals surface area contributed by atoms with Gasteiger partial charge in [-0.25, -0.2) is 0 Å². The highest BCUT2D eigenvalue weighted by Gasteiger charge is 2.33. The first-order valence-corrected chi connectivity index (χ1v) is 6.24. The van der Waals surface area contributed by atoms with Crippen LogP contribution in [0.4, 0.5) is 24.5 Å². The predicted octanol–water partition coefficient (Wildman–Crippen LogP) is 2.71. The Bertz CT molecular complexity index is 548. The molecule has 0 fully saturated rings. The molecule has 8 heteroatoms. The summed E-state index contributed by atoms with van der Waals surface area (Å²) in [6.45, 7) is 0.537. The number of carbonyl (C=O) groups excluding carboxylic acids is 1. The summed E-state index contributed by atoms with van der Waals surface area (Å²) in [6, 6.07) is 2.66. The van der Waals surface area contributed by atoms with Gasteiger partial charge in [0.05, 0.1) is 10.7 Å². The van der Waals surface area contributed by atoms with Crippen molar-refractivity contribution in [3.63, 3.8) is 0 Å². The van der Waals surface area contributed by atoms with Gasteiger partial charge in [-0.2, -0.15) is 13.2 Å². The molecule has 0 bridgehead atoms. The molecule has 0 radical (unpaired) electrons. The largest absolute Gasteiger partial charge is 0.405 e. The SMILES string of the molecule is CCN(CC(F)(F)F)c1cc2c(cc1Cl)C(O)C(=O)N2. The number of hydrogen-bond donors (Lipinski definition) is 2. The summed E-state index contributed by atoms with van der Waals surface area (Å²) >= 11 is 5.96. The molecule has 1 amide bonds. The normalized spacial score (nSPS) is 17.9. The van der Waals surface area contributed by atoms with Gasteiger partial charge in [0.25, 0.3) is 5.91 Å². The second kappa shape index (κ2) is 5.14. The molecule has 2 rings (SSSR count). The zero-order chi connectivity index (χ0) is 15.1. The molecule has 0 spiro atoms. The topological polar surface area (TPSA) is 52.6 Å². The fourth-order valence-corrected chi connectivity index (χ4v) is 2.37. The summed E-state index contributed by atoms with van der Waals surface area (Å²) in [5.74, 6) is -0.618. The Morgan fingerprint density at radius 3 is 2.65 bits per heavy atom. The fraction of sp³-hybridized carbons (Fsp3) is 0.417. The minimum Gasteiger partial charge on any atom is -0.378 e. The molecule has 2 N–H and O–H groups in total. The lowest BCUT2D eigenvalue weighted by atomic mass is 10.1. The van der Waals surface area contributed by atoms with E-state index in [9.17, 15) is 23.1 Å². The first-order chi connectivity index (χ1) is 9.23. The van der Waals surface area contributed by atoms with Crippen molar-refractivity contribution in [1.29, 1.82) is 0 Å². The van der Waals surface area contributed by atoms with Gasteiger partial charge in [0.15, 0.2) is 6.10 Å². The molecular weight excluding hydrogens is 297 g/mol. The molecule has 1 aromatic carbocycles. The van der Waals surface area contributed by atoms with Crippen LogP contribution in [0.1, 0.15) is 18.6 Å². The van der Waals surface area contributed by atoms with Crippen molar-refractivity contribution in [2.45, 2.75) is 19.2 Å². The van der Waals surface area contributed by atoms with E-state index in [4.69, 9.17) is 11.6 Å². The van der Waals surface area contributed by atoms with E-state index in [2.05, 4.69) is 5.32 Å². The highest BCUT2D eigenvalue weighted by molar-refractivity contribution is 6.33. The van der Waals surface area contributed by atoms with Gasteiger partial charge >= 0.3 is 6.18 Å². The van der Waals surface area contributed by atoms with Crippen molar-refractivity contribution in [2.75, 3.05) is 23.3 Å². The van der Waals surface area contributed by atoms with Crippen LogP contribution >= 0.6 is 11.6 Å². The van der Waals surface area contributed by atoms with Crippen molar-refractivity contribution in [3.8, 4) is 0 Å². The molecule has 20 heavy (non-hydrogen) atoms. The van der Waals surface area contributed by atoms with Crippen LogP contribution in [0.3, 0.4) is 0 Å². The quantitative estimate of drug-likeness (QED) is 0.903. The van der Waals surface area contributed by atoms with Gasteiger partial charge in [-0.05, 0) is 19.1 Å². The molecule has 1 heterocycles. The fourth-order valence-electron chi connectivity index (χ4n) is 2.08. The summed E-state index contributed by atoms with van der Waals surface area (Å²) in [7, 11) is 0. The summed E-state index contributed by atoms with van der Waals surface area (Å²) < 4.78 is 37.5. The molecule has 0 aliphatic carbocycles. The second-order valence-corrected chi connectivity index (χ2v) is 4.82. The van der Waals surface area contributed by atoms with E-state index in [1.807, 2.05) is 0 Å². The van der Waals surface area contributed by atoms with E-state index < -0.39 is 24.7 Å². The van der Waals surface area contributed by atoms with E-state index in [1.54, 1.807) is 6.92 Å². The molecule has 0 aromatic heterocycles. The third kappa shape index (κ3) is 2.83. The number of anilines is 2. The zero-order valence-corrected chi connectivity index (χ0v) is 11.2. The molecule has 1 aliphatic heterocycles. The van der Waals surface area contributed by atoms with Crippen LogP contribution < -0.4 is 10.2 Å². The Hall–Kier alpha value is -1.47. The molecule has 1 aliphatic rings. The third-order valence-electron chi connectivity index (χ3n) is 3.01. The summed E-state index contributed by atoms with van der Waals surface area (Å²) in [4.78, 5) is 12.4. The first kappa shape index (κ1) is 14.9. The van der Waals surface area contributed by atoms with Crippen molar-refractivity contribution < 1.29 is 23.1 Å². The van der Waals surface area contributed by atoms with Gasteiger partial charge < -0.3 is 15.3 Å². The number of benzene rings is 1. The van der Waals surface area contributed by atoms with Crippen LogP contribution in [0, 0.1) is 0 Å². The Kier molecular flexibility index (Phi) is 3.84. The standard InChI is InChI=1S/C12H12ClF3N2O2/c1-2-18(5-12(14,15)16)9-4-8-6(3-7(9)13)10(19)11(20)17-8/h3-4,10,19H,2,5H2,1H3,(H,17,20). The molecule has 1 unspecified atom stereocenters. The Balaban J connectivity index is 2.38. The van der Waals surface area contributed by atoms with Gasteiger partial charge in [-0.1, -0.05) is 11.6 Å². The van der Waals surface area contributed by atoms with E-state index >= 15 is 0 Å². The smallest absolute Gasteiger partial charge is 0.378 e. The number of nitrogens with one attached hydrogen (secondary N) is 1. The van der Waals surface area contributed by atoms with Gasteiger partial charge in [0.2, 0.25) is 0 Å². The lowest BCUT2D eigenvalue weighted by Gasteiger charge is -2.26. The summed E-state index contributed by atoms with van der Waals surface area (Å²) in [6.07, 6.45) is -5.70. The van der Waals surface area contributed by atoms with Crippen molar-refractivity contribution in [3.05, 3.63) is 22.7 Å². The van der Waals surface area contributed by atoms with Gasteiger partial charge in [-0.15, -0.1) is 0 Å². The number of amides is 1. The van der Waals surface area contributed by atoms with Crippen LogP contribution in [-0.4, -0.2) is 30.3 Å². The molecule has 4 nitrogen and oxygen atoms in total. The van der Waals surface area contributed by atoms with E-state index in [-0.39, 0.29) is 28.5 Å². The Labute approximate surface area is 118 Å². The number of hydrogen-bond acceptors (Lipinski definition) is 3. The van der Waals surface area contributed by atoms with Crippen LogP contribution in [0.5, 0.6) is 0 Å². The highest BCUT2D eigenvalue weighted by Crippen LogP contribution is 2.39. The van der Waals surface area contributed by atoms with E-state index in [0.717, 1.165) is 4.90 Å². The van der Waals surface area contributed by atoms with Crippen molar-refractivity contribution >= 4 is 28.9 Å². The van der Waals surface area contributed by atoms with Crippen molar-refractivity contribution in [2.24, 2.45) is 0 Å². The van der Waals surface area contributed by atoms with Gasteiger partial charge in [0, 0.05) is 17.8 Å². The number of halogens is 4. The second-order valence-electron chi connectivity index (χ2n) is 4.41. The number of alkyl halides is 3. The monoisotopic (exact) mass is 308 g/mol. The number of rotatable bonds is 3. The molecular formula is C12H12ClF3N2O2. The predicted molar refractivity (Wildman–Crippen MR) is 69.0 cm³/mol. The molecule has 0 saturated heterocycles. The maximum absolute atomic E-state index is 12.5. The lowest BCUT2D eigenvalue weighted by Crippen LogP contribution is -2.34. The molecule has 1 aromatic rings. The summed E-state index contributed by atoms with van der Waals surface area (Å²) in [5.41, 5.74) is 0.717. The van der Waals surface area contributed by atoms with Gasteiger partial charge in [0.1, 0.15) is 6.54 Å². The third-order valence-corrected chi connectivity index (χ3v) is 3.32. The van der Waals surface area contributed by atoms with Crippen molar-refractivity contribution in [1.82, 2.24) is 0 Å². The van der Waals surface area contributed by atoms with Crippen LogP contribution in [0.15, 0.2) is 12.1 Å². The Morgan fingerprint density at radius 2 is 2.10 bits per heavy atom. The van der Waals surface area contributed by atoms with Gasteiger partial charge in [-0.3, -0.25) is 4.79 Å². The van der Waals surface area contributed by atoms with Crippen LogP contribution in [-0.2, 0) is 4.79 Å². The molecule has 0 saturated carbocycles. The minimum atomic E-state index is -4.36. The van der Waals surface area contributed by atoms with Crippen LogP contribution in [0.25, 0.3) is 0 Å². The van der Waals surface area contributed by atoms with E-state index in [0.29, 0.717) is 0 Å². The average molecular weight is 309 g/mol. The van der Waals surface area contributed by atoms with Crippen LogP contribution in [0.2, 0.25) is 5.02 Å². The number of fused-ring (bicyclic) bond motifs is 1. The Morgan fingerprint density at radius 1 is 1.45 bits per heavy atom. The number of carbonyl (C=O) groups is 1. The number of aliphatic hydroxyl groups excluding tert-OH is 1. The number of nitrogens with zero attached hydrogens (tertiary/aromatic N) is 1. The minimum absolute atomic E-state index is 0.0606. The summed E-state index contributed by atoms with van der Waals surface area (Å²) in [5, 5.41) is 12.0. The first-order valence-electron chi connectivity index (χ1n) is 5.87. The van der Waals surface area contributed by atoms with E-state index in [1.165, 1.54) is 12.1 Å².